The lowest BCUT2D eigenvalue weighted by atomic mass is 9.81. The number of carbonyl (C=O) groups excluding carboxylic acids is 1. The molecule has 136 valence electrons. The second-order valence-corrected chi connectivity index (χ2v) is 6.47. The van der Waals surface area contributed by atoms with Gasteiger partial charge in [0.2, 0.25) is 5.88 Å². The molecule has 25 heavy (non-hydrogen) atoms. The molecular formula is C16H19F2N3O4. The number of hydrogen-bond donors (Lipinski definition) is 2. The second kappa shape index (κ2) is 6.81. The van der Waals surface area contributed by atoms with E-state index in [1.165, 1.54) is 17.2 Å². The second-order valence-electron chi connectivity index (χ2n) is 6.47. The van der Waals surface area contributed by atoms with E-state index >= 15 is 0 Å². The number of ether oxygens (including phenoxy) is 1. The highest BCUT2D eigenvalue weighted by molar-refractivity contribution is 5.80. The Morgan fingerprint density at radius 2 is 2.32 bits per heavy atom. The SMILES string of the molecule is O=C(NCc1ccnc(OC(F)F)c1)N1C[C@@H]2CCC[C@@]2(C(=O)O)C1. The predicted octanol–water partition coefficient (Wildman–Crippen LogP) is 2.08. The van der Waals surface area contributed by atoms with E-state index in [1.54, 1.807) is 6.07 Å². The topological polar surface area (TPSA) is 91.8 Å². The lowest BCUT2D eigenvalue weighted by molar-refractivity contribution is -0.149. The Kier molecular flexibility index (Phi) is 4.73. The summed E-state index contributed by atoms with van der Waals surface area (Å²) in [5.74, 6) is -1.07. The number of likely N-dealkylation sites (tertiary alicyclic amines) is 1. The molecular weight excluding hydrogens is 336 g/mol. The normalized spacial score (nSPS) is 25.1. The number of amides is 2. The van der Waals surface area contributed by atoms with Crippen molar-refractivity contribution >= 4 is 12.0 Å². The van der Waals surface area contributed by atoms with Gasteiger partial charge < -0.3 is 20.1 Å². The molecule has 2 N–H and O–H groups in total. The van der Waals surface area contributed by atoms with Crippen LogP contribution in [0.3, 0.4) is 0 Å². The van der Waals surface area contributed by atoms with Crippen molar-refractivity contribution in [1.29, 1.82) is 0 Å². The number of carboxylic acid groups (broad SMARTS) is 1. The summed E-state index contributed by atoms with van der Waals surface area (Å²) in [6.45, 7) is -2.22. The Morgan fingerprint density at radius 3 is 3.00 bits per heavy atom. The lowest BCUT2D eigenvalue weighted by Gasteiger charge is -2.23. The molecule has 2 aliphatic rings. The van der Waals surface area contributed by atoms with E-state index in [9.17, 15) is 23.5 Å². The van der Waals surface area contributed by atoms with Crippen molar-refractivity contribution < 1.29 is 28.2 Å². The predicted molar refractivity (Wildman–Crippen MR) is 82.1 cm³/mol. The van der Waals surface area contributed by atoms with Crippen molar-refractivity contribution in [3.8, 4) is 5.88 Å². The number of nitrogens with one attached hydrogen (secondary N) is 1. The third-order valence-corrected chi connectivity index (χ3v) is 5.04. The van der Waals surface area contributed by atoms with Gasteiger partial charge in [0.1, 0.15) is 0 Å². The largest absolute Gasteiger partial charge is 0.481 e. The standard InChI is InChI=1S/C16H19F2N3O4/c17-14(18)25-12-6-10(3-5-19-12)7-20-15(24)21-8-11-2-1-4-16(11,9-21)13(22)23/h3,5-6,11,14H,1-2,4,7-9H2,(H,20,24)(H,22,23)/t11-,16+/m0/s1. The molecule has 1 aromatic rings. The fourth-order valence-corrected chi connectivity index (χ4v) is 3.80. The van der Waals surface area contributed by atoms with Crippen molar-refractivity contribution in [2.75, 3.05) is 13.1 Å². The molecule has 1 saturated carbocycles. The Labute approximate surface area is 143 Å². The highest BCUT2D eigenvalue weighted by atomic mass is 19.3. The van der Waals surface area contributed by atoms with Gasteiger partial charge >= 0.3 is 18.6 Å². The maximum atomic E-state index is 12.3. The van der Waals surface area contributed by atoms with Gasteiger partial charge in [0.25, 0.3) is 0 Å². The Bertz CT molecular complexity index is 673. The van der Waals surface area contributed by atoms with E-state index in [0.717, 1.165) is 12.8 Å². The summed E-state index contributed by atoms with van der Waals surface area (Å²) >= 11 is 0. The van der Waals surface area contributed by atoms with Gasteiger partial charge in [-0.3, -0.25) is 4.79 Å². The molecule has 3 rings (SSSR count). The monoisotopic (exact) mass is 355 g/mol. The van der Waals surface area contributed by atoms with Crippen molar-refractivity contribution in [3.63, 3.8) is 0 Å². The summed E-state index contributed by atoms with van der Waals surface area (Å²) in [7, 11) is 0. The van der Waals surface area contributed by atoms with Crippen molar-refractivity contribution in [1.82, 2.24) is 15.2 Å². The maximum Gasteiger partial charge on any atom is 0.388 e. The van der Waals surface area contributed by atoms with Crippen LogP contribution in [0.4, 0.5) is 13.6 Å². The molecule has 2 amide bonds. The first-order chi connectivity index (χ1) is 11.9. The molecule has 1 saturated heterocycles. The van der Waals surface area contributed by atoms with Crippen LogP contribution >= 0.6 is 0 Å². The minimum atomic E-state index is -2.96. The zero-order valence-electron chi connectivity index (χ0n) is 13.5. The molecule has 9 heteroatoms. The summed E-state index contributed by atoms with van der Waals surface area (Å²) in [4.78, 5) is 29.2. The van der Waals surface area contributed by atoms with Crippen LogP contribution in [0.15, 0.2) is 18.3 Å². The molecule has 2 heterocycles. The van der Waals surface area contributed by atoms with Crippen molar-refractivity contribution in [3.05, 3.63) is 23.9 Å². The van der Waals surface area contributed by atoms with Gasteiger partial charge in [-0.2, -0.15) is 8.78 Å². The van der Waals surface area contributed by atoms with Crippen LogP contribution in [0, 0.1) is 11.3 Å². The lowest BCUT2D eigenvalue weighted by Crippen LogP contribution is -2.41. The van der Waals surface area contributed by atoms with Crippen molar-refractivity contribution in [2.45, 2.75) is 32.4 Å². The quantitative estimate of drug-likeness (QED) is 0.844. The average Bonchev–Trinajstić information content (AvgIpc) is 3.10. The Morgan fingerprint density at radius 1 is 1.52 bits per heavy atom. The van der Waals surface area contributed by atoms with E-state index in [4.69, 9.17) is 0 Å². The van der Waals surface area contributed by atoms with Crippen LogP contribution in [0.1, 0.15) is 24.8 Å². The van der Waals surface area contributed by atoms with E-state index in [1.807, 2.05) is 0 Å². The number of carboxylic acids is 1. The molecule has 1 aliphatic carbocycles. The van der Waals surface area contributed by atoms with E-state index in [2.05, 4.69) is 15.0 Å². The smallest absolute Gasteiger partial charge is 0.388 e. The number of carbonyl (C=O) groups is 2. The number of aliphatic carboxylic acids is 1. The highest BCUT2D eigenvalue weighted by Crippen LogP contribution is 2.48. The molecule has 1 aromatic heterocycles. The van der Waals surface area contributed by atoms with Gasteiger partial charge in [0.05, 0.1) is 5.41 Å². The van der Waals surface area contributed by atoms with Crippen LogP contribution in [0.5, 0.6) is 5.88 Å². The zero-order chi connectivity index (χ0) is 18.0. The number of alkyl halides is 2. The molecule has 1 aliphatic heterocycles. The first kappa shape index (κ1) is 17.4. The van der Waals surface area contributed by atoms with E-state index in [-0.39, 0.29) is 30.9 Å². The summed E-state index contributed by atoms with van der Waals surface area (Å²) in [5, 5.41) is 12.2. The molecule has 2 fully saturated rings. The molecule has 0 radical (unpaired) electrons. The minimum Gasteiger partial charge on any atom is -0.481 e. The van der Waals surface area contributed by atoms with Crippen LogP contribution in [0.25, 0.3) is 0 Å². The first-order valence-electron chi connectivity index (χ1n) is 8.06. The number of hydrogen-bond acceptors (Lipinski definition) is 4. The first-order valence-corrected chi connectivity index (χ1v) is 8.06. The fourth-order valence-electron chi connectivity index (χ4n) is 3.80. The summed E-state index contributed by atoms with van der Waals surface area (Å²) in [5.41, 5.74) is -0.266. The Balaban J connectivity index is 1.58. The average molecular weight is 355 g/mol. The maximum absolute atomic E-state index is 12.3. The fraction of sp³-hybridized carbons (Fsp3) is 0.562. The van der Waals surface area contributed by atoms with Crippen LogP contribution in [0.2, 0.25) is 0 Å². The minimum absolute atomic E-state index is 0.0114. The van der Waals surface area contributed by atoms with Crippen molar-refractivity contribution in [2.24, 2.45) is 11.3 Å². The van der Waals surface area contributed by atoms with E-state index in [0.29, 0.717) is 18.5 Å². The molecule has 0 aromatic carbocycles. The number of halogens is 2. The number of fused-ring (bicyclic) bond motifs is 1. The number of aromatic nitrogens is 1. The van der Waals surface area contributed by atoms with Gasteiger partial charge in [0.15, 0.2) is 0 Å². The van der Waals surface area contributed by atoms with E-state index < -0.39 is 18.0 Å². The summed E-state index contributed by atoms with van der Waals surface area (Å²) in [6.07, 6.45) is 3.60. The zero-order valence-corrected chi connectivity index (χ0v) is 13.5. The molecule has 0 spiro atoms. The number of urea groups is 1. The molecule has 0 unspecified atom stereocenters. The van der Waals surface area contributed by atoms with Crippen LogP contribution < -0.4 is 10.1 Å². The highest BCUT2D eigenvalue weighted by Gasteiger charge is 2.55. The van der Waals surface area contributed by atoms with Crippen LogP contribution in [-0.4, -0.2) is 46.7 Å². The van der Waals surface area contributed by atoms with Gasteiger partial charge in [-0.1, -0.05) is 6.42 Å². The van der Waals surface area contributed by atoms with Crippen LogP contribution in [-0.2, 0) is 11.3 Å². The van der Waals surface area contributed by atoms with Gasteiger partial charge in [0, 0.05) is 31.9 Å². The number of rotatable bonds is 5. The van der Waals surface area contributed by atoms with Gasteiger partial charge in [-0.25, -0.2) is 9.78 Å². The summed E-state index contributed by atoms with van der Waals surface area (Å²) in [6, 6.07) is 2.54. The van der Waals surface area contributed by atoms with Gasteiger partial charge in [-0.05, 0) is 30.4 Å². The third kappa shape index (κ3) is 3.49. The molecule has 0 bridgehead atoms. The molecule has 2 atom stereocenters. The number of pyridine rings is 1. The third-order valence-electron chi connectivity index (χ3n) is 5.04. The number of nitrogens with zero attached hydrogens (tertiary/aromatic N) is 2. The Hall–Kier alpha value is -2.45. The molecule has 7 nitrogen and oxygen atoms in total. The van der Waals surface area contributed by atoms with Gasteiger partial charge in [-0.15, -0.1) is 0 Å². The summed E-state index contributed by atoms with van der Waals surface area (Å²) < 4.78 is 28.6.